The Morgan fingerprint density at radius 3 is 2.52 bits per heavy atom. The van der Waals surface area contributed by atoms with E-state index in [0.717, 1.165) is 32.5 Å². The Morgan fingerprint density at radius 2 is 1.84 bits per heavy atom. The van der Waals surface area contributed by atoms with Crippen molar-refractivity contribution in [2.24, 2.45) is 0 Å². The third-order valence-corrected chi connectivity index (χ3v) is 5.14. The number of rotatable bonds is 5. The maximum atomic E-state index is 12.5. The fraction of sp³-hybridized carbons (Fsp3) is 0.450. The molecule has 0 spiro atoms. The number of furan rings is 1. The molecule has 1 aromatic heterocycles. The summed E-state index contributed by atoms with van der Waals surface area (Å²) < 4.78 is 5.27. The highest BCUT2D eigenvalue weighted by molar-refractivity contribution is 5.91. The molecule has 0 bridgehead atoms. The molecule has 1 amide bonds. The maximum Gasteiger partial charge on any atom is 0.289 e. The van der Waals surface area contributed by atoms with Crippen LogP contribution in [0, 0.1) is 0 Å². The molecule has 1 fully saturated rings. The van der Waals surface area contributed by atoms with E-state index in [1.54, 1.807) is 18.4 Å². The lowest BCUT2D eigenvalue weighted by Crippen LogP contribution is -2.58. The highest BCUT2D eigenvalue weighted by atomic mass is 35.5. The van der Waals surface area contributed by atoms with Gasteiger partial charge in [-0.15, -0.1) is 12.4 Å². The zero-order chi connectivity index (χ0) is 16.9. The van der Waals surface area contributed by atoms with Crippen molar-refractivity contribution in [3.8, 4) is 0 Å². The fourth-order valence-corrected chi connectivity index (χ4v) is 3.48. The number of carbonyl (C=O) groups is 1. The number of nitrogens with zero attached hydrogens (tertiary/aromatic N) is 2. The topological polar surface area (TPSA) is 36.7 Å². The molecule has 25 heavy (non-hydrogen) atoms. The Morgan fingerprint density at radius 1 is 1.08 bits per heavy atom. The van der Waals surface area contributed by atoms with Crippen molar-refractivity contribution < 1.29 is 9.21 Å². The van der Waals surface area contributed by atoms with E-state index in [2.05, 4.69) is 49.1 Å². The SMILES string of the molecule is CC1C(C)N(C(=O)c2ccco2)CCN1CCCc1ccccc1.Cl. The lowest BCUT2D eigenvalue weighted by atomic mass is 10.0. The zero-order valence-corrected chi connectivity index (χ0v) is 15.7. The first kappa shape index (κ1) is 19.5. The van der Waals surface area contributed by atoms with Crippen LogP contribution in [-0.2, 0) is 6.42 Å². The standard InChI is InChI=1S/C20H26N2O2.ClH/c1-16-17(2)22(20(23)19-11-7-15-24-19)14-13-21(16)12-6-10-18-8-4-3-5-9-18;/h3-5,7-9,11,15-17H,6,10,12-14H2,1-2H3;1H. The van der Waals surface area contributed by atoms with Crippen molar-refractivity contribution in [2.45, 2.75) is 38.8 Å². The largest absolute Gasteiger partial charge is 0.459 e. The second kappa shape index (κ2) is 9.07. The van der Waals surface area contributed by atoms with Crippen LogP contribution in [-0.4, -0.2) is 47.4 Å². The molecule has 1 aliphatic heterocycles. The van der Waals surface area contributed by atoms with Crippen molar-refractivity contribution in [3.63, 3.8) is 0 Å². The van der Waals surface area contributed by atoms with E-state index in [9.17, 15) is 4.79 Å². The minimum Gasteiger partial charge on any atom is -0.459 e. The van der Waals surface area contributed by atoms with Crippen LogP contribution in [0.3, 0.4) is 0 Å². The number of hydrogen-bond acceptors (Lipinski definition) is 3. The molecule has 0 N–H and O–H groups in total. The molecular weight excluding hydrogens is 336 g/mol. The Kier molecular flexibility index (Phi) is 7.09. The van der Waals surface area contributed by atoms with Crippen LogP contribution in [0.5, 0.6) is 0 Å². The molecule has 2 aromatic rings. The highest BCUT2D eigenvalue weighted by Gasteiger charge is 2.34. The summed E-state index contributed by atoms with van der Waals surface area (Å²) >= 11 is 0. The lowest BCUT2D eigenvalue weighted by Gasteiger charge is -2.44. The van der Waals surface area contributed by atoms with E-state index in [4.69, 9.17) is 4.42 Å². The summed E-state index contributed by atoms with van der Waals surface area (Å²) in [5.74, 6) is 0.440. The van der Waals surface area contributed by atoms with Crippen molar-refractivity contribution in [1.29, 1.82) is 0 Å². The van der Waals surface area contributed by atoms with Crippen LogP contribution in [0.1, 0.15) is 36.4 Å². The molecule has 0 radical (unpaired) electrons. The first-order valence-electron chi connectivity index (χ1n) is 8.79. The van der Waals surface area contributed by atoms with Crippen LogP contribution >= 0.6 is 12.4 Å². The number of hydrogen-bond donors (Lipinski definition) is 0. The Labute approximate surface area is 156 Å². The predicted molar refractivity (Wildman–Crippen MR) is 102 cm³/mol. The van der Waals surface area contributed by atoms with E-state index in [1.165, 1.54) is 5.56 Å². The van der Waals surface area contributed by atoms with Crippen LogP contribution in [0.2, 0.25) is 0 Å². The first-order valence-corrected chi connectivity index (χ1v) is 8.79. The Balaban J connectivity index is 0.00000225. The molecule has 0 saturated carbocycles. The summed E-state index contributed by atoms with van der Waals surface area (Å²) in [5.41, 5.74) is 1.39. The van der Waals surface area contributed by atoms with Crippen molar-refractivity contribution in [2.75, 3.05) is 19.6 Å². The smallest absolute Gasteiger partial charge is 0.289 e. The summed E-state index contributed by atoms with van der Waals surface area (Å²) in [6.45, 7) is 7.11. The molecule has 5 heteroatoms. The molecule has 2 heterocycles. The van der Waals surface area contributed by atoms with Crippen molar-refractivity contribution >= 4 is 18.3 Å². The molecule has 3 rings (SSSR count). The lowest BCUT2D eigenvalue weighted by molar-refractivity contribution is 0.0253. The van der Waals surface area contributed by atoms with E-state index in [-0.39, 0.29) is 24.4 Å². The average molecular weight is 363 g/mol. The minimum atomic E-state index is 0. The van der Waals surface area contributed by atoms with Gasteiger partial charge in [0.25, 0.3) is 5.91 Å². The third-order valence-electron chi connectivity index (χ3n) is 5.14. The normalized spacial score (nSPS) is 21.0. The second-order valence-corrected chi connectivity index (χ2v) is 6.58. The van der Waals surface area contributed by atoms with E-state index in [1.807, 2.05) is 4.90 Å². The Hall–Kier alpha value is -1.78. The highest BCUT2D eigenvalue weighted by Crippen LogP contribution is 2.20. The number of benzene rings is 1. The van der Waals surface area contributed by atoms with Gasteiger partial charge in [0.2, 0.25) is 0 Å². The third kappa shape index (κ3) is 4.65. The van der Waals surface area contributed by atoms with Crippen molar-refractivity contribution in [3.05, 3.63) is 60.1 Å². The summed E-state index contributed by atoms with van der Waals surface area (Å²) in [6.07, 6.45) is 3.81. The molecule has 2 unspecified atom stereocenters. The van der Waals surface area contributed by atoms with Gasteiger partial charge in [0.1, 0.15) is 0 Å². The summed E-state index contributed by atoms with van der Waals surface area (Å²) in [7, 11) is 0. The average Bonchev–Trinajstić information content (AvgIpc) is 3.14. The number of carbonyl (C=O) groups excluding carboxylic acids is 1. The van der Waals surface area contributed by atoms with Gasteiger partial charge in [-0.05, 0) is 50.9 Å². The molecule has 0 aliphatic carbocycles. The molecular formula is C20H27ClN2O2. The minimum absolute atomic E-state index is 0. The van der Waals surface area contributed by atoms with Crippen LogP contribution in [0.4, 0.5) is 0 Å². The zero-order valence-electron chi connectivity index (χ0n) is 14.9. The van der Waals surface area contributed by atoms with Gasteiger partial charge in [0, 0.05) is 25.2 Å². The van der Waals surface area contributed by atoms with E-state index >= 15 is 0 Å². The first-order chi connectivity index (χ1) is 11.7. The predicted octanol–water partition coefficient (Wildman–Crippen LogP) is 3.87. The maximum absolute atomic E-state index is 12.5. The number of halogens is 1. The van der Waals surface area contributed by atoms with E-state index < -0.39 is 0 Å². The number of piperazine rings is 1. The molecule has 1 saturated heterocycles. The molecule has 2 atom stereocenters. The van der Waals surface area contributed by atoms with Crippen molar-refractivity contribution in [1.82, 2.24) is 9.80 Å². The molecule has 1 aliphatic rings. The van der Waals surface area contributed by atoms with Gasteiger partial charge in [-0.1, -0.05) is 30.3 Å². The van der Waals surface area contributed by atoms with Gasteiger partial charge >= 0.3 is 0 Å². The van der Waals surface area contributed by atoms with Gasteiger partial charge in [0.05, 0.1) is 6.26 Å². The van der Waals surface area contributed by atoms with Gasteiger partial charge < -0.3 is 9.32 Å². The number of amides is 1. The monoisotopic (exact) mass is 362 g/mol. The molecule has 4 nitrogen and oxygen atoms in total. The second-order valence-electron chi connectivity index (χ2n) is 6.58. The van der Waals surface area contributed by atoms with Gasteiger partial charge in [-0.25, -0.2) is 0 Å². The van der Waals surface area contributed by atoms with Gasteiger partial charge in [-0.2, -0.15) is 0 Å². The van der Waals surface area contributed by atoms with Crippen LogP contribution < -0.4 is 0 Å². The molecule has 136 valence electrons. The summed E-state index contributed by atoms with van der Waals surface area (Å²) in [5, 5.41) is 0. The van der Waals surface area contributed by atoms with Gasteiger partial charge in [-0.3, -0.25) is 9.69 Å². The molecule has 1 aromatic carbocycles. The fourth-order valence-electron chi connectivity index (χ4n) is 3.48. The Bertz CT molecular complexity index is 645. The van der Waals surface area contributed by atoms with Crippen LogP contribution in [0.15, 0.2) is 53.1 Å². The summed E-state index contributed by atoms with van der Waals surface area (Å²) in [4.78, 5) is 17.0. The quantitative estimate of drug-likeness (QED) is 0.810. The van der Waals surface area contributed by atoms with E-state index in [0.29, 0.717) is 11.8 Å². The van der Waals surface area contributed by atoms with Crippen LogP contribution in [0.25, 0.3) is 0 Å². The summed E-state index contributed by atoms with van der Waals surface area (Å²) in [6, 6.07) is 14.7. The van der Waals surface area contributed by atoms with Gasteiger partial charge in [0.15, 0.2) is 5.76 Å². The number of aryl methyl sites for hydroxylation is 1.